The maximum Gasteiger partial charge on any atom is 0.132 e. The van der Waals surface area contributed by atoms with Crippen LogP contribution in [0.4, 0.5) is 0 Å². The predicted molar refractivity (Wildman–Crippen MR) is 70.6 cm³/mol. The monoisotopic (exact) mass is 247 g/mol. The third-order valence-electron chi connectivity index (χ3n) is 3.28. The summed E-state index contributed by atoms with van der Waals surface area (Å²) in [6.07, 6.45) is 0.990. The minimum absolute atomic E-state index is 0.0101. The maximum atomic E-state index is 6.28. The van der Waals surface area contributed by atoms with Crippen molar-refractivity contribution in [3.8, 4) is 5.75 Å². The summed E-state index contributed by atoms with van der Waals surface area (Å²) in [7, 11) is 0. The Hall–Kier alpha value is -1.25. The number of nitrogens with two attached hydrogens (primary N) is 1. The molecule has 0 saturated heterocycles. The third kappa shape index (κ3) is 1.68. The molecule has 0 amide bonds. The van der Waals surface area contributed by atoms with Gasteiger partial charge in [-0.05, 0) is 13.0 Å². The molecule has 2 atom stereocenters. The van der Waals surface area contributed by atoms with Gasteiger partial charge in [-0.2, -0.15) is 0 Å². The van der Waals surface area contributed by atoms with Crippen molar-refractivity contribution in [3.63, 3.8) is 0 Å². The molecule has 1 aliphatic heterocycles. The molecule has 17 heavy (non-hydrogen) atoms. The van der Waals surface area contributed by atoms with Crippen LogP contribution in [0.25, 0.3) is 10.8 Å². The Morgan fingerprint density at radius 2 is 2.00 bits per heavy atom. The van der Waals surface area contributed by atoms with Gasteiger partial charge in [0.15, 0.2) is 0 Å². The standard InChI is InChI=1S/C14H14ClNO/c1-8-6-13(16)11-7-12(15)9-4-2-3-5-10(9)14(11)17-8/h2-5,7-8,13H,6,16H2,1H3. The second kappa shape index (κ2) is 3.90. The van der Waals surface area contributed by atoms with Crippen molar-refractivity contribution in [3.05, 3.63) is 40.9 Å². The Morgan fingerprint density at radius 3 is 2.76 bits per heavy atom. The average Bonchev–Trinajstić information content (AvgIpc) is 2.31. The van der Waals surface area contributed by atoms with Crippen LogP contribution in [0, 0.1) is 0 Å². The molecule has 2 nitrogen and oxygen atoms in total. The van der Waals surface area contributed by atoms with E-state index in [2.05, 4.69) is 0 Å². The molecule has 2 aromatic rings. The van der Waals surface area contributed by atoms with Crippen LogP contribution >= 0.6 is 11.6 Å². The van der Waals surface area contributed by atoms with Crippen molar-refractivity contribution in [2.45, 2.75) is 25.5 Å². The highest BCUT2D eigenvalue weighted by Gasteiger charge is 2.25. The first-order valence-corrected chi connectivity index (χ1v) is 6.18. The van der Waals surface area contributed by atoms with E-state index in [0.29, 0.717) is 0 Å². The topological polar surface area (TPSA) is 35.2 Å². The maximum absolute atomic E-state index is 6.28. The van der Waals surface area contributed by atoms with Crippen LogP contribution in [0.5, 0.6) is 5.75 Å². The number of ether oxygens (including phenoxy) is 1. The molecule has 2 unspecified atom stereocenters. The molecule has 3 heteroatoms. The smallest absolute Gasteiger partial charge is 0.132 e. The molecule has 2 aromatic carbocycles. The SMILES string of the molecule is CC1CC(N)c2cc(Cl)c3ccccc3c2O1. The summed E-state index contributed by atoms with van der Waals surface area (Å²) in [4.78, 5) is 0. The number of hydrogen-bond donors (Lipinski definition) is 1. The average molecular weight is 248 g/mol. The lowest BCUT2D eigenvalue weighted by Crippen LogP contribution is -2.27. The summed E-state index contributed by atoms with van der Waals surface area (Å²) >= 11 is 6.28. The lowest BCUT2D eigenvalue weighted by molar-refractivity contribution is 0.180. The van der Waals surface area contributed by atoms with E-state index in [1.165, 1.54) is 0 Å². The first kappa shape index (κ1) is 10.9. The van der Waals surface area contributed by atoms with Gasteiger partial charge in [0.05, 0.1) is 6.10 Å². The molecule has 0 radical (unpaired) electrons. The van der Waals surface area contributed by atoms with Crippen LogP contribution in [0.15, 0.2) is 30.3 Å². The molecular formula is C14H14ClNO. The number of rotatable bonds is 0. The first-order valence-electron chi connectivity index (χ1n) is 5.80. The van der Waals surface area contributed by atoms with Crippen molar-refractivity contribution in [1.82, 2.24) is 0 Å². The molecule has 0 aromatic heterocycles. The molecule has 0 fully saturated rings. The zero-order valence-electron chi connectivity index (χ0n) is 9.61. The lowest BCUT2D eigenvalue weighted by atomic mass is 9.94. The molecule has 1 aliphatic rings. The molecule has 0 spiro atoms. The molecule has 2 N–H and O–H groups in total. The second-order valence-electron chi connectivity index (χ2n) is 4.59. The van der Waals surface area contributed by atoms with Gasteiger partial charge in [0.25, 0.3) is 0 Å². The minimum Gasteiger partial charge on any atom is -0.490 e. The zero-order valence-corrected chi connectivity index (χ0v) is 10.4. The fourth-order valence-corrected chi connectivity index (χ4v) is 2.75. The number of hydrogen-bond acceptors (Lipinski definition) is 2. The summed E-state index contributed by atoms with van der Waals surface area (Å²) in [5, 5.41) is 2.82. The van der Waals surface area contributed by atoms with Crippen LogP contribution < -0.4 is 10.5 Å². The van der Waals surface area contributed by atoms with E-state index in [1.807, 2.05) is 37.3 Å². The first-order chi connectivity index (χ1) is 8.16. The van der Waals surface area contributed by atoms with Gasteiger partial charge in [0, 0.05) is 33.8 Å². The minimum atomic E-state index is 0.0101. The zero-order chi connectivity index (χ0) is 12.0. The number of fused-ring (bicyclic) bond motifs is 3. The van der Waals surface area contributed by atoms with Gasteiger partial charge in [0.2, 0.25) is 0 Å². The van der Waals surface area contributed by atoms with Gasteiger partial charge < -0.3 is 10.5 Å². The third-order valence-corrected chi connectivity index (χ3v) is 3.59. The van der Waals surface area contributed by atoms with Crippen molar-refractivity contribution >= 4 is 22.4 Å². The van der Waals surface area contributed by atoms with E-state index in [4.69, 9.17) is 22.1 Å². The summed E-state index contributed by atoms with van der Waals surface area (Å²) < 4.78 is 5.93. The molecule has 0 saturated carbocycles. The quantitative estimate of drug-likeness (QED) is 0.771. The number of halogens is 1. The van der Waals surface area contributed by atoms with Crippen LogP contribution in [-0.4, -0.2) is 6.10 Å². The van der Waals surface area contributed by atoms with E-state index in [9.17, 15) is 0 Å². The van der Waals surface area contributed by atoms with Crippen LogP contribution in [0.2, 0.25) is 5.02 Å². The van der Waals surface area contributed by atoms with Gasteiger partial charge in [-0.15, -0.1) is 0 Å². The molecule has 3 rings (SSSR count). The molecule has 88 valence electrons. The van der Waals surface area contributed by atoms with Gasteiger partial charge in [-0.1, -0.05) is 35.9 Å². The van der Waals surface area contributed by atoms with E-state index in [1.54, 1.807) is 0 Å². The van der Waals surface area contributed by atoms with Gasteiger partial charge in [0.1, 0.15) is 5.75 Å². The van der Waals surface area contributed by atoms with E-state index in [0.717, 1.165) is 33.5 Å². The summed E-state index contributed by atoms with van der Waals surface area (Å²) in [5.74, 6) is 0.899. The van der Waals surface area contributed by atoms with Crippen molar-refractivity contribution in [1.29, 1.82) is 0 Å². The highest BCUT2D eigenvalue weighted by atomic mass is 35.5. The van der Waals surface area contributed by atoms with Crippen LogP contribution in [0.3, 0.4) is 0 Å². The van der Waals surface area contributed by atoms with E-state index < -0.39 is 0 Å². The fraction of sp³-hybridized carbons (Fsp3) is 0.286. The normalized spacial score (nSPS) is 23.2. The van der Waals surface area contributed by atoms with Crippen LogP contribution in [-0.2, 0) is 0 Å². The Kier molecular flexibility index (Phi) is 2.49. The second-order valence-corrected chi connectivity index (χ2v) is 5.00. The van der Waals surface area contributed by atoms with Crippen molar-refractivity contribution < 1.29 is 4.74 Å². The largest absolute Gasteiger partial charge is 0.490 e. The summed E-state index contributed by atoms with van der Waals surface area (Å²) in [5.41, 5.74) is 7.18. The number of benzene rings is 2. The summed E-state index contributed by atoms with van der Waals surface area (Å²) in [6.45, 7) is 2.05. The Bertz CT molecular complexity index is 582. The van der Waals surface area contributed by atoms with Gasteiger partial charge >= 0.3 is 0 Å². The van der Waals surface area contributed by atoms with E-state index in [-0.39, 0.29) is 12.1 Å². The Labute approximate surface area is 105 Å². The Balaban J connectivity index is 2.34. The molecule has 0 aliphatic carbocycles. The Morgan fingerprint density at radius 1 is 1.29 bits per heavy atom. The van der Waals surface area contributed by atoms with Crippen molar-refractivity contribution in [2.75, 3.05) is 0 Å². The van der Waals surface area contributed by atoms with Crippen LogP contribution in [0.1, 0.15) is 24.9 Å². The highest BCUT2D eigenvalue weighted by Crippen LogP contribution is 2.42. The van der Waals surface area contributed by atoms with Gasteiger partial charge in [-0.25, -0.2) is 0 Å². The molecular weight excluding hydrogens is 234 g/mol. The molecule has 1 heterocycles. The predicted octanol–water partition coefficient (Wildman–Crippen LogP) is 3.66. The fourth-order valence-electron chi connectivity index (χ4n) is 2.47. The summed E-state index contributed by atoms with van der Waals surface area (Å²) in [6, 6.07) is 9.96. The van der Waals surface area contributed by atoms with Crippen molar-refractivity contribution in [2.24, 2.45) is 5.73 Å². The molecule has 0 bridgehead atoms. The van der Waals surface area contributed by atoms with Gasteiger partial charge in [-0.3, -0.25) is 0 Å². The lowest BCUT2D eigenvalue weighted by Gasteiger charge is -2.29. The highest BCUT2D eigenvalue weighted by molar-refractivity contribution is 6.36. The van der Waals surface area contributed by atoms with E-state index >= 15 is 0 Å².